The summed E-state index contributed by atoms with van der Waals surface area (Å²) in [6.07, 6.45) is 1.46. The highest BCUT2D eigenvalue weighted by atomic mass is 35.5. The van der Waals surface area contributed by atoms with E-state index < -0.39 is 16.0 Å². The van der Waals surface area contributed by atoms with Crippen LogP contribution in [0.3, 0.4) is 0 Å². The molecule has 0 aliphatic heterocycles. The maximum atomic E-state index is 13.4. The van der Waals surface area contributed by atoms with Crippen molar-refractivity contribution in [2.45, 2.75) is 31.3 Å². The fourth-order valence-corrected chi connectivity index (χ4v) is 6.38. The molecule has 2 heterocycles. The Kier molecular flexibility index (Phi) is 7.63. The van der Waals surface area contributed by atoms with Crippen molar-refractivity contribution in [2.24, 2.45) is 0 Å². The van der Waals surface area contributed by atoms with Gasteiger partial charge in [-0.1, -0.05) is 54.3 Å². The summed E-state index contributed by atoms with van der Waals surface area (Å²) in [5, 5.41) is 5.78. The van der Waals surface area contributed by atoms with E-state index in [2.05, 4.69) is 5.16 Å². The van der Waals surface area contributed by atoms with E-state index >= 15 is 0 Å². The Morgan fingerprint density at radius 3 is 2.45 bits per heavy atom. The summed E-state index contributed by atoms with van der Waals surface area (Å²) in [5.41, 5.74) is 2.38. The molecule has 0 unspecified atom stereocenters. The van der Waals surface area contributed by atoms with Crippen LogP contribution in [0.2, 0.25) is 10.0 Å². The van der Waals surface area contributed by atoms with Crippen LogP contribution >= 0.6 is 23.2 Å². The molecule has 3 aromatic carbocycles. The molecule has 0 aliphatic carbocycles. The molecule has 0 spiro atoms. The number of carbonyl (C=O) groups is 1. The van der Waals surface area contributed by atoms with Crippen LogP contribution in [-0.4, -0.2) is 30.6 Å². The molecular weight excluding hydrogens is 575 g/mol. The Bertz CT molecular complexity index is 1820. The molecule has 5 aromatic rings. The van der Waals surface area contributed by atoms with Gasteiger partial charge in [0.2, 0.25) is 0 Å². The number of benzene rings is 3. The molecule has 206 valence electrons. The molecule has 0 saturated carbocycles. The van der Waals surface area contributed by atoms with Crippen LogP contribution in [0.15, 0.2) is 82.3 Å². The van der Waals surface area contributed by atoms with Crippen LogP contribution in [0, 0.1) is 0 Å². The largest absolute Gasteiger partial charge is 0.489 e. The summed E-state index contributed by atoms with van der Waals surface area (Å²) >= 11 is 12.9. The lowest BCUT2D eigenvalue weighted by Crippen LogP contribution is -2.13. The molecule has 0 radical (unpaired) electrons. The van der Waals surface area contributed by atoms with Gasteiger partial charge in [0.05, 0.1) is 38.7 Å². The molecule has 5 rings (SSSR count). The van der Waals surface area contributed by atoms with Gasteiger partial charge in [-0.05, 0) is 54.6 Å². The van der Waals surface area contributed by atoms with Crippen LogP contribution in [0.4, 0.5) is 0 Å². The number of esters is 1. The SMILES string of the molecule is COC(=O)c1cccc(S(=O)(=O)n2ccc3cc(OCc4c(-c5c(Cl)cccc5Cl)noc4C(C)C)ccc32)c1. The van der Waals surface area contributed by atoms with Crippen molar-refractivity contribution in [2.75, 3.05) is 7.11 Å². The van der Waals surface area contributed by atoms with Gasteiger partial charge in [-0.15, -0.1) is 0 Å². The highest BCUT2D eigenvalue weighted by molar-refractivity contribution is 7.90. The van der Waals surface area contributed by atoms with Crippen molar-refractivity contribution in [3.05, 3.63) is 99.9 Å². The predicted molar refractivity (Wildman–Crippen MR) is 153 cm³/mol. The van der Waals surface area contributed by atoms with E-state index in [0.29, 0.717) is 43.7 Å². The van der Waals surface area contributed by atoms with Gasteiger partial charge < -0.3 is 14.0 Å². The van der Waals surface area contributed by atoms with Crippen LogP contribution in [-0.2, 0) is 21.4 Å². The van der Waals surface area contributed by atoms with E-state index in [4.69, 9.17) is 37.2 Å². The molecule has 0 amide bonds. The molecule has 0 fully saturated rings. The second kappa shape index (κ2) is 11.0. The van der Waals surface area contributed by atoms with Gasteiger partial charge in [0.25, 0.3) is 10.0 Å². The van der Waals surface area contributed by atoms with Crippen molar-refractivity contribution >= 4 is 50.1 Å². The third-order valence-corrected chi connectivity index (χ3v) is 8.68. The van der Waals surface area contributed by atoms with E-state index in [1.165, 1.54) is 37.6 Å². The van der Waals surface area contributed by atoms with Gasteiger partial charge >= 0.3 is 5.97 Å². The molecular formula is C29H24Cl2N2O6S. The average Bonchev–Trinajstić information content (AvgIpc) is 3.56. The number of hydrogen-bond donors (Lipinski definition) is 0. The molecule has 8 nitrogen and oxygen atoms in total. The highest BCUT2D eigenvalue weighted by Gasteiger charge is 2.24. The van der Waals surface area contributed by atoms with E-state index in [-0.39, 0.29) is 23.0 Å². The van der Waals surface area contributed by atoms with Gasteiger partial charge in [0.1, 0.15) is 23.8 Å². The predicted octanol–water partition coefficient (Wildman–Crippen LogP) is 7.33. The second-order valence-electron chi connectivity index (χ2n) is 9.27. The third-order valence-electron chi connectivity index (χ3n) is 6.36. The first-order valence-electron chi connectivity index (χ1n) is 12.2. The fourth-order valence-electron chi connectivity index (χ4n) is 4.40. The number of fused-ring (bicyclic) bond motifs is 1. The Labute approximate surface area is 241 Å². The number of halogens is 2. The third kappa shape index (κ3) is 5.08. The van der Waals surface area contributed by atoms with Crippen molar-refractivity contribution in [3.8, 4) is 17.0 Å². The standard InChI is InChI=1S/C29H24Cl2N2O6S/c1-17(2)28-22(27(32-39-28)26-23(30)8-5-9-24(26)31)16-38-20-10-11-25-18(14-20)12-13-33(25)40(35,36)21-7-4-6-19(15-21)29(34)37-3/h4-15,17H,16H2,1-3H3. The zero-order valence-corrected chi connectivity index (χ0v) is 24.0. The molecule has 0 aliphatic rings. The number of carbonyl (C=O) groups excluding carboxylic acids is 1. The minimum absolute atomic E-state index is 0.0283. The minimum atomic E-state index is -3.98. The Morgan fingerprint density at radius 1 is 1.02 bits per heavy atom. The number of rotatable bonds is 8. The Hall–Kier alpha value is -3.79. The number of methoxy groups -OCH3 is 1. The summed E-state index contributed by atoms with van der Waals surface area (Å²) in [6, 6.07) is 17.7. The smallest absolute Gasteiger partial charge is 0.337 e. The van der Waals surface area contributed by atoms with Gasteiger partial charge in [-0.2, -0.15) is 0 Å². The summed E-state index contributed by atoms with van der Waals surface area (Å²) in [7, 11) is -2.75. The van der Waals surface area contributed by atoms with E-state index in [1.54, 1.807) is 42.5 Å². The van der Waals surface area contributed by atoms with Crippen molar-refractivity contribution in [3.63, 3.8) is 0 Å². The first-order valence-corrected chi connectivity index (χ1v) is 14.4. The van der Waals surface area contributed by atoms with Crippen LogP contribution in [0.25, 0.3) is 22.2 Å². The zero-order chi connectivity index (χ0) is 28.6. The number of nitrogens with zero attached hydrogens (tertiary/aromatic N) is 2. The first kappa shape index (κ1) is 27.8. The summed E-state index contributed by atoms with van der Waals surface area (Å²) in [4.78, 5) is 11.9. The van der Waals surface area contributed by atoms with Gasteiger partial charge in [-0.25, -0.2) is 17.2 Å². The van der Waals surface area contributed by atoms with Crippen molar-refractivity contribution < 1.29 is 27.2 Å². The highest BCUT2D eigenvalue weighted by Crippen LogP contribution is 2.39. The molecule has 2 aromatic heterocycles. The summed E-state index contributed by atoms with van der Waals surface area (Å²) in [6.45, 7) is 4.09. The first-order chi connectivity index (χ1) is 19.1. The molecule has 11 heteroatoms. The number of hydrogen-bond acceptors (Lipinski definition) is 7. The summed E-state index contributed by atoms with van der Waals surface area (Å²) in [5.74, 6) is 0.575. The molecule has 40 heavy (non-hydrogen) atoms. The van der Waals surface area contributed by atoms with E-state index in [0.717, 1.165) is 9.54 Å². The monoisotopic (exact) mass is 598 g/mol. The lowest BCUT2D eigenvalue weighted by Gasteiger charge is -2.12. The van der Waals surface area contributed by atoms with Crippen molar-refractivity contribution in [1.82, 2.24) is 9.13 Å². The fraction of sp³-hybridized carbons (Fsp3) is 0.172. The normalized spacial score (nSPS) is 11.8. The Balaban J connectivity index is 1.45. The lowest BCUT2D eigenvalue weighted by molar-refractivity contribution is 0.0600. The van der Waals surface area contributed by atoms with E-state index in [1.807, 2.05) is 13.8 Å². The quantitative estimate of drug-likeness (QED) is 0.172. The topological polar surface area (TPSA) is 101 Å². The van der Waals surface area contributed by atoms with Crippen LogP contribution in [0.5, 0.6) is 5.75 Å². The lowest BCUT2D eigenvalue weighted by atomic mass is 10.0. The van der Waals surface area contributed by atoms with Crippen LogP contribution in [0.1, 0.15) is 41.4 Å². The maximum absolute atomic E-state index is 13.4. The molecule has 0 atom stereocenters. The number of ether oxygens (including phenoxy) is 2. The van der Waals surface area contributed by atoms with E-state index in [9.17, 15) is 13.2 Å². The van der Waals surface area contributed by atoms with Gasteiger partial charge in [0.15, 0.2) is 0 Å². The van der Waals surface area contributed by atoms with Crippen LogP contribution < -0.4 is 4.74 Å². The minimum Gasteiger partial charge on any atom is -0.489 e. The summed E-state index contributed by atoms with van der Waals surface area (Å²) < 4.78 is 44.5. The van der Waals surface area contributed by atoms with Gasteiger partial charge in [0, 0.05) is 23.1 Å². The molecule has 0 N–H and O–H groups in total. The zero-order valence-electron chi connectivity index (χ0n) is 21.7. The Morgan fingerprint density at radius 2 is 1.75 bits per heavy atom. The number of aromatic nitrogens is 2. The molecule has 0 bridgehead atoms. The van der Waals surface area contributed by atoms with Crippen molar-refractivity contribution in [1.29, 1.82) is 0 Å². The second-order valence-corrected chi connectivity index (χ2v) is 11.9. The molecule has 0 saturated heterocycles. The maximum Gasteiger partial charge on any atom is 0.337 e. The van der Waals surface area contributed by atoms with Gasteiger partial charge in [-0.3, -0.25) is 0 Å². The average molecular weight is 599 g/mol.